The van der Waals surface area contributed by atoms with E-state index in [-0.39, 0.29) is 6.23 Å². The molecule has 0 fully saturated rings. The van der Waals surface area contributed by atoms with Gasteiger partial charge in [-0.1, -0.05) is 127 Å². The van der Waals surface area contributed by atoms with Gasteiger partial charge in [-0.3, -0.25) is 5.43 Å². The molecule has 2 atom stereocenters. The van der Waals surface area contributed by atoms with Crippen LogP contribution in [0.1, 0.15) is 24.8 Å². The number of rotatable bonds is 7. The third kappa shape index (κ3) is 6.42. The fourth-order valence-electron chi connectivity index (χ4n) is 7.04. The maximum absolute atomic E-state index is 6.20. The zero-order chi connectivity index (χ0) is 34.0. The monoisotopic (exact) mass is 660 g/mol. The van der Waals surface area contributed by atoms with Crippen molar-refractivity contribution in [3.63, 3.8) is 0 Å². The van der Waals surface area contributed by atoms with Gasteiger partial charge in [-0.05, 0) is 88.7 Å². The molecule has 0 bridgehead atoms. The van der Waals surface area contributed by atoms with Crippen molar-refractivity contribution >= 4 is 16.7 Å². The second-order valence-corrected chi connectivity index (χ2v) is 13.2. The summed E-state index contributed by atoms with van der Waals surface area (Å²) in [4.78, 5) is 10.0. The molecule has 1 aliphatic heterocycles. The minimum atomic E-state index is -0.0867. The summed E-state index contributed by atoms with van der Waals surface area (Å²) in [5.74, 6) is 1.74. The van der Waals surface area contributed by atoms with E-state index >= 15 is 0 Å². The van der Waals surface area contributed by atoms with Gasteiger partial charge in [0.2, 0.25) is 5.90 Å². The first-order valence-electron chi connectivity index (χ1n) is 17.7. The Morgan fingerprint density at radius 3 is 1.80 bits per heavy atom. The maximum Gasteiger partial charge on any atom is 0.240 e. The number of hydrogen-bond donors (Lipinski definition) is 1. The molecule has 0 amide bonds. The molecule has 9 rings (SSSR count). The van der Waals surface area contributed by atoms with Crippen LogP contribution in [-0.2, 0) is 4.74 Å². The molecular formula is C46H36N4O. The Balaban J connectivity index is 0.970. The van der Waals surface area contributed by atoms with E-state index in [1.165, 1.54) is 22.8 Å². The largest absolute Gasteiger partial charge is 0.450 e. The van der Waals surface area contributed by atoms with Crippen LogP contribution in [0.5, 0.6) is 0 Å². The first kappa shape index (κ1) is 30.7. The molecular weight excluding hydrogens is 625 g/mol. The summed E-state index contributed by atoms with van der Waals surface area (Å²) >= 11 is 0. The highest BCUT2D eigenvalue weighted by molar-refractivity contribution is 5.96. The molecule has 1 aromatic heterocycles. The summed E-state index contributed by atoms with van der Waals surface area (Å²) in [6.45, 7) is 0. The van der Waals surface area contributed by atoms with Crippen molar-refractivity contribution in [1.29, 1.82) is 0 Å². The molecule has 51 heavy (non-hydrogen) atoms. The topological polar surface area (TPSA) is 59.4 Å². The van der Waals surface area contributed by atoms with Crippen LogP contribution >= 0.6 is 0 Å². The Kier molecular flexibility index (Phi) is 8.14. The number of ether oxygens (including phenoxy) is 1. The number of nitrogens with one attached hydrogen (secondary N) is 1. The molecule has 5 heteroatoms. The first-order valence-corrected chi connectivity index (χ1v) is 17.7. The Bertz CT molecular complexity index is 2340. The lowest BCUT2D eigenvalue weighted by molar-refractivity contribution is 0.132. The number of nitrogens with zero attached hydrogens (tertiary/aromatic N) is 3. The summed E-state index contributed by atoms with van der Waals surface area (Å²) < 4.78 is 6.20. The van der Waals surface area contributed by atoms with Crippen LogP contribution < -0.4 is 5.43 Å². The van der Waals surface area contributed by atoms with Gasteiger partial charge in [0.15, 0.2) is 12.1 Å². The Morgan fingerprint density at radius 1 is 0.510 bits per heavy atom. The van der Waals surface area contributed by atoms with Gasteiger partial charge in [0, 0.05) is 28.2 Å². The van der Waals surface area contributed by atoms with Crippen LogP contribution in [-0.4, -0.2) is 22.1 Å². The van der Waals surface area contributed by atoms with Crippen LogP contribution in [0.25, 0.3) is 66.9 Å². The zero-order valence-corrected chi connectivity index (χ0v) is 28.1. The van der Waals surface area contributed by atoms with Gasteiger partial charge in [-0.25, -0.2) is 9.97 Å². The molecule has 1 aliphatic carbocycles. The average molecular weight is 661 g/mol. The highest BCUT2D eigenvalue weighted by Gasteiger charge is 2.28. The molecule has 6 aromatic carbocycles. The minimum absolute atomic E-state index is 0.0867. The number of fused-ring (bicyclic) bond motifs is 1. The van der Waals surface area contributed by atoms with Crippen LogP contribution in [0, 0.1) is 5.92 Å². The van der Waals surface area contributed by atoms with E-state index in [4.69, 9.17) is 14.7 Å². The third-order valence-corrected chi connectivity index (χ3v) is 9.84. The SMILES string of the molecule is C1=CC(C2NN=C(c3ccc(-c4ccc5cc(-c6cccc(-c7cc(-c8ccccc8)nc(-c8ccccc8)n7)c6)ccc5c4)cc3)O2)CCC1. The van der Waals surface area contributed by atoms with E-state index in [9.17, 15) is 0 Å². The van der Waals surface area contributed by atoms with Gasteiger partial charge in [0.05, 0.1) is 11.4 Å². The Hall–Kier alpha value is -6.33. The quantitative estimate of drug-likeness (QED) is 0.173. The normalized spacial score (nSPS) is 16.7. The summed E-state index contributed by atoms with van der Waals surface area (Å²) in [6, 6.07) is 53.1. The molecule has 0 saturated heterocycles. The molecule has 0 saturated carbocycles. The van der Waals surface area contributed by atoms with Crippen molar-refractivity contribution in [1.82, 2.24) is 15.4 Å². The zero-order valence-electron chi connectivity index (χ0n) is 28.1. The van der Waals surface area contributed by atoms with Crippen LogP contribution in [0.15, 0.2) is 169 Å². The lowest BCUT2D eigenvalue weighted by Crippen LogP contribution is -2.31. The van der Waals surface area contributed by atoms with Gasteiger partial charge >= 0.3 is 0 Å². The number of aromatic nitrogens is 2. The smallest absolute Gasteiger partial charge is 0.240 e. The first-order chi connectivity index (χ1) is 25.2. The van der Waals surface area contributed by atoms with Crippen molar-refractivity contribution in [3.05, 3.63) is 169 Å². The van der Waals surface area contributed by atoms with Crippen molar-refractivity contribution in [2.75, 3.05) is 0 Å². The highest BCUT2D eigenvalue weighted by atomic mass is 16.5. The Morgan fingerprint density at radius 2 is 1.10 bits per heavy atom. The molecule has 1 N–H and O–H groups in total. The Labute approximate surface area is 298 Å². The molecule has 5 nitrogen and oxygen atoms in total. The highest BCUT2D eigenvalue weighted by Crippen LogP contribution is 2.33. The molecule has 246 valence electrons. The number of hydrogen-bond acceptors (Lipinski definition) is 5. The summed E-state index contributed by atoms with van der Waals surface area (Å²) in [6.07, 6.45) is 7.89. The van der Waals surface area contributed by atoms with E-state index in [1.54, 1.807) is 0 Å². The molecule has 2 heterocycles. The van der Waals surface area contributed by atoms with E-state index in [2.05, 4.69) is 138 Å². The number of allylic oxidation sites excluding steroid dienone is 1. The standard InChI is InChI=1S/C46H36N4O/c1-4-11-32(12-5-1)42-30-43(48-44(47-42)33-13-6-2-7-14-33)41-18-10-17-36(29-41)38-25-26-39-27-37(23-24-40(39)28-38)31-19-21-35(22-20-31)46-50-49-45(51-46)34-15-8-3-9-16-34/h1-2,4-8,10-15,17-30,34,45,49H,3,9,16H2. The average Bonchev–Trinajstić information content (AvgIpc) is 3.72. The molecule has 7 aromatic rings. The van der Waals surface area contributed by atoms with Gasteiger partial charge in [-0.15, -0.1) is 5.10 Å². The summed E-state index contributed by atoms with van der Waals surface area (Å²) in [5, 5.41) is 6.89. The van der Waals surface area contributed by atoms with Gasteiger partial charge in [0.25, 0.3) is 0 Å². The predicted molar refractivity (Wildman–Crippen MR) is 208 cm³/mol. The molecule has 0 radical (unpaired) electrons. The fourth-order valence-corrected chi connectivity index (χ4v) is 7.04. The maximum atomic E-state index is 6.20. The second-order valence-electron chi connectivity index (χ2n) is 13.2. The molecule has 2 unspecified atom stereocenters. The van der Waals surface area contributed by atoms with Crippen molar-refractivity contribution in [2.24, 2.45) is 11.0 Å². The van der Waals surface area contributed by atoms with Gasteiger partial charge in [0.1, 0.15) is 0 Å². The van der Waals surface area contributed by atoms with E-state index in [1.807, 2.05) is 36.4 Å². The number of benzene rings is 6. The van der Waals surface area contributed by atoms with Gasteiger partial charge in [-0.2, -0.15) is 0 Å². The van der Waals surface area contributed by atoms with Crippen molar-refractivity contribution < 1.29 is 4.74 Å². The lowest BCUT2D eigenvalue weighted by atomic mass is 9.94. The summed E-state index contributed by atoms with van der Waals surface area (Å²) in [5.41, 5.74) is 13.7. The van der Waals surface area contributed by atoms with E-state index in [0.29, 0.717) is 17.6 Å². The minimum Gasteiger partial charge on any atom is -0.450 e. The van der Waals surface area contributed by atoms with Crippen LogP contribution in [0.4, 0.5) is 0 Å². The van der Waals surface area contributed by atoms with Crippen molar-refractivity contribution in [2.45, 2.75) is 25.5 Å². The van der Waals surface area contributed by atoms with Crippen LogP contribution in [0.2, 0.25) is 0 Å². The van der Waals surface area contributed by atoms with Crippen molar-refractivity contribution in [3.8, 4) is 56.2 Å². The molecule has 0 spiro atoms. The van der Waals surface area contributed by atoms with Gasteiger partial charge < -0.3 is 4.74 Å². The van der Waals surface area contributed by atoms with E-state index in [0.717, 1.165) is 63.2 Å². The van der Waals surface area contributed by atoms with Crippen LogP contribution in [0.3, 0.4) is 0 Å². The predicted octanol–water partition coefficient (Wildman–Crippen LogP) is 10.9. The summed E-state index contributed by atoms with van der Waals surface area (Å²) in [7, 11) is 0. The fraction of sp³-hybridized carbons (Fsp3) is 0.109. The third-order valence-electron chi connectivity index (χ3n) is 9.84. The molecule has 2 aliphatic rings. The lowest BCUT2D eigenvalue weighted by Gasteiger charge is -2.22. The second kappa shape index (κ2) is 13.5. The van der Waals surface area contributed by atoms with E-state index < -0.39 is 0 Å². The number of hydrazone groups is 1.